The van der Waals surface area contributed by atoms with Gasteiger partial charge in [0.2, 0.25) is 5.91 Å². The molecule has 5 nitrogen and oxygen atoms in total. The zero-order chi connectivity index (χ0) is 16.9. The van der Waals surface area contributed by atoms with Gasteiger partial charge in [0, 0.05) is 19.5 Å². The molecule has 0 aliphatic carbocycles. The third kappa shape index (κ3) is 4.09. The number of hydrogen-bond acceptors (Lipinski definition) is 4. The second-order valence-electron chi connectivity index (χ2n) is 6.77. The summed E-state index contributed by atoms with van der Waals surface area (Å²) in [5.41, 5.74) is 2.59. The van der Waals surface area contributed by atoms with E-state index in [0.717, 1.165) is 29.7 Å². The van der Waals surface area contributed by atoms with Crippen LogP contribution in [-0.2, 0) is 11.3 Å². The summed E-state index contributed by atoms with van der Waals surface area (Å²) in [5.74, 6) is 0.184. The Morgan fingerprint density at radius 2 is 2.08 bits per heavy atom. The van der Waals surface area contributed by atoms with Crippen LogP contribution in [0.25, 0.3) is 11.0 Å². The van der Waals surface area contributed by atoms with E-state index >= 15 is 0 Å². The van der Waals surface area contributed by atoms with Crippen molar-refractivity contribution in [3.05, 3.63) is 36.2 Å². The highest BCUT2D eigenvalue weighted by atomic mass is 16.2. The zero-order valence-electron chi connectivity index (χ0n) is 14.6. The standard InChI is InChI=1S/C19H26N4O/c1-22-12-6-5-7-16(22)10-11-19(24)23(2)14-15-13-20-17-8-3-4-9-18(17)21-15/h3-4,8-9,13,16H,5-7,10-12,14H2,1-2H3. The molecule has 1 unspecified atom stereocenters. The van der Waals surface area contributed by atoms with Gasteiger partial charge >= 0.3 is 0 Å². The maximum Gasteiger partial charge on any atom is 0.222 e. The lowest BCUT2D eigenvalue weighted by Gasteiger charge is -2.32. The van der Waals surface area contributed by atoms with Crippen LogP contribution in [-0.4, -0.2) is 52.4 Å². The number of benzene rings is 1. The van der Waals surface area contributed by atoms with Gasteiger partial charge in [0.15, 0.2) is 0 Å². The van der Waals surface area contributed by atoms with Crippen molar-refractivity contribution in [2.24, 2.45) is 0 Å². The molecule has 5 heteroatoms. The number of piperidine rings is 1. The highest BCUT2D eigenvalue weighted by Gasteiger charge is 2.20. The summed E-state index contributed by atoms with van der Waals surface area (Å²) in [6.07, 6.45) is 7.09. The van der Waals surface area contributed by atoms with Gasteiger partial charge in [0.25, 0.3) is 0 Å². The molecule has 128 valence electrons. The fraction of sp³-hybridized carbons (Fsp3) is 0.526. The summed E-state index contributed by atoms with van der Waals surface area (Å²) in [6.45, 7) is 1.67. The number of likely N-dealkylation sites (tertiary alicyclic amines) is 1. The van der Waals surface area contributed by atoms with Crippen molar-refractivity contribution in [1.29, 1.82) is 0 Å². The number of carbonyl (C=O) groups excluding carboxylic acids is 1. The fourth-order valence-corrected chi connectivity index (χ4v) is 3.39. The van der Waals surface area contributed by atoms with Gasteiger partial charge in [0.1, 0.15) is 0 Å². The Labute approximate surface area is 143 Å². The Morgan fingerprint density at radius 3 is 2.88 bits per heavy atom. The minimum absolute atomic E-state index is 0.184. The molecule has 1 aromatic carbocycles. The number of hydrogen-bond donors (Lipinski definition) is 0. The van der Waals surface area contributed by atoms with Gasteiger partial charge in [-0.25, -0.2) is 4.98 Å². The van der Waals surface area contributed by atoms with E-state index < -0.39 is 0 Å². The van der Waals surface area contributed by atoms with E-state index in [2.05, 4.69) is 21.9 Å². The largest absolute Gasteiger partial charge is 0.340 e. The molecule has 0 N–H and O–H groups in total. The van der Waals surface area contributed by atoms with Crippen molar-refractivity contribution in [2.45, 2.75) is 44.7 Å². The summed E-state index contributed by atoms with van der Waals surface area (Å²) < 4.78 is 0. The summed E-state index contributed by atoms with van der Waals surface area (Å²) in [7, 11) is 4.02. The molecule has 1 aliphatic rings. The van der Waals surface area contributed by atoms with E-state index in [9.17, 15) is 4.79 Å². The number of carbonyl (C=O) groups is 1. The summed E-state index contributed by atoms with van der Waals surface area (Å²) in [6, 6.07) is 8.36. The minimum atomic E-state index is 0.184. The van der Waals surface area contributed by atoms with Gasteiger partial charge in [-0.2, -0.15) is 0 Å². The Bertz CT molecular complexity index is 703. The molecule has 2 aromatic rings. The Hall–Kier alpha value is -2.01. The molecule has 1 aliphatic heterocycles. The Kier molecular flexibility index (Phi) is 5.41. The molecule has 1 saturated heterocycles. The lowest BCUT2D eigenvalue weighted by Crippen LogP contribution is -2.37. The topological polar surface area (TPSA) is 49.3 Å². The van der Waals surface area contributed by atoms with Crippen LogP contribution in [0.5, 0.6) is 0 Å². The summed E-state index contributed by atoms with van der Waals surface area (Å²) >= 11 is 0. The first-order chi connectivity index (χ1) is 11.6. The van der Waals surface area contributed by atoms with Gasteiger partial charge < -0.3 is 9.80 Å². The molecule has 1 fully saturated rings. The van der Waals surface area contributed by atoms with Crippen molar-refractivity contribution in [3.63, 3.8) is 0 Å². The molecule has 0 bridgehead atoms. The fourth-order valence-electron chi connectivity index (χ4n) is 3.39. The molecule has 0 radical (unpaired) electrons. The van der Waals surface area contributed by atoms with Gasteiger partial charge in [-0.15, -0.1) is 0 Å². The monoisotopic (exact) mass is 326 g/mol. The van der Waals surface area contributed by atoms with E-state index in [-0.39, 0.29) is 5.91 Å². The normalized spacial score (nSPS) is 18.7. The number of fused-ring (bicyclic) bond motifs is 1. The van der Waals surface area contributed by atoms with Crippen molar-refractivity contribution >= 4 is 16.9 Å². The van der Waals surface area contributed by atoms with Crippen molar-refractivity contribution < 1.29 is 4.79 Å². The second kappa shape index (κ2) is 7.71. The molecular weight excluding hydrogens is 300 g/mol. The summed E-state index contributed by atoms with van der Waals surface area (Å²) in [5, 5.41) is 0. The van der Waals surface area contributed by atoms with Gasteiger partial charge in [-0.1, -0.05) is 18.6 Å². The van der Waals surface area contributed by atoms with E-state index in [4.69, 9.17) is 0 Å². The maximum absolute atomic E-state index is 12.4. The van der Waals surface area contributed by atoms with Crippen LogP contribution < -0.4 is 0 Å². The molecule has 0 saturated carbocycles. The SMILES string of the molecule is CN(Cc1cnc2ccccc2n1)C(=O)CCC1CCCCN1C. The maximum atomic E-state index is 12.4. The third-order valence-corrected chi connectivity index (χ3v) is 4.94. The van der Waals surface area contributed by atoms with Crippen molar-refractivity contribution in [1.82, 2.24) is 19.8 Å². The van der Waals surface area contributed by atoms with Crippen molar-refractivity contribution in [3.8, 4) is 0 Å². The predicted molar refractivity (Wildman–Crippen MR) is 95.5 cm³/mol. The van der Waals surface area contributed by atoms with Crippen molar-refractivity contribution in [2.75, 3.05) is 20.6 Å². The van der Waals surface area contributed by atoms with E-state index in [1.807, 2.05) is 31.3 Å². The van der Waals surface area contributed by atoms with Crippen LogP contribution >= 0.6 is 0 Å². The van der Waals surface area contributed by atoms with E-state index in [1.54, 1.807) is 11.1 Å². The number of para-hydroxylation sites is 2. The number of nitrogens with zero attached hydrogens (tertiary/aromatic N) is 4. The number of amides is 1. The Balaban J connectivity index is 1.54. The molecular formula is C19H26N4O. The quantitative estimate of drug-likeness (QED) is 0.848. The zero-order valence-corrected chi connectivity index (χ0v) is 14.6. The van der Waals surface area contributed by atoms with Gasteiger partial charge in [-0.05, 0) is 45.0 Å². The molecule has 1 aromatic heterocycles. The summed E-state index contributed by atoms with van der Waals surface area (Å²) in [4.78, 5) is 25.6. The lowest BCUT2D eigenvalue weighted by molar-refractivity contribution is -0.130. The van der Waals surface area contributed by atoms with Crippen LogP contribution in [0.15, 0.2) is 30.5 Å². The van der Waals surface area contributed by atoms with Gasteiger partial charge in [-0.3, -0.25) is 9.78 Å². The molecule has 2 heterocycles. The third-order valence-electron chi connectivity index (χ3n) is 4.94. The molecule has 1 atom stereocenters. The second-order valence-corrected chi connectivity index (χ2v) is 6.77. The van der Waals surface area contributed by atoms with Crippen LogP contribution in [0.1, 0.15) is 37.8 Å². The smallest absolute Gasteiger partial charge is 0.222 e. The van der Waals surface area contributed by atoms with E-state index in [1.165, 1.54) is 19.3 Å². The molecule has 24 heavy (non-hydrogen) atoms. The first-order valence-corrected chi connectivity index (χ1v) is 8.78. The average molecular weight is 326 g/mol. The highest BCUT2D eigenvalue weighted by molar-refractivity contribution is 5.76. The van der Waals surface area contributed by atoms with E-state index in [0.29, 0.717) is 19.0 Å². The average Bonchev–Trinajstić information content (AvgIpc) is 2.60. The predicted octanol–water partition coefficient (Wildman–Crippen LogP) is 2.85. The highest BCUT2D eigenvalue weighted by Crippen LogP contribution is 2.19. The molecule has 3 rings (SSSR count). The Morgan fingerprint density at radius 1 is 1.29 bits per heavy atom. The van der Waals surface area contributed by atoms with Crippen LogP contribution in [0.4, 0.5) is 0 Å². The van der Waals surface area contributed by atoms with Crippen LogP contribution in [0.2, 0.25) is 0 Å². The molecule has 0 spiro atoms. The lowest BCUT2D eigenvalue weighted by atomic mass is 9.98. The minimum Gasteiger partial charge on any atom is -0.340 e. The first kappa shape index (κ1) is 16.8. The number of rotatable bonds is 5. The van der Waals surface area contributed by atoms with Gasteiger partial charge in [0.05, 0.1) is 29.5 Å². The first-order valence-electron chi connectivity index (χ1n) is 8.78. The molecule has 1 amide bonds. The van der Waals surface area contributed by atoms with Crippen LogP contribution in [0, 0.1) is 0 Å². The number of aromatic nitrogens is 2. The van der Waals surface area contributed by atoms with Crippen LogP contribution in [0.3, 0.4) is 0 Å².